The highest BCUT2D eigenvalue weighted by molar-refractivity contribution is 14.1. The van der Waals surface area contributed by atoms with E-state index in [-0.39, 0.29) is 12.0 Å². The molecule has 0 spiro atoms. The highest BCUT2D eigenvalue weighted by atomic mass is 127. The molecule has 5 heteroatoms. The van der Waals surface area contributed by atoms with Gasteiger partial charge in [-0.25, -0.2) is 9.97 Å². The maximum Gasteiger partial charge on any atom is 0.160 e. The van der Waals surface area contributed by atoms with Crippen LogP contribution in [0.1, 0.15) is 25.8 Å². The average molecular weight is 383 g/mol. The zero-order valence-corrected chi connectivity index (χ0v) is 14.0. The van der Waals surface area contributed by atoms with Crippen LogP contribution >= 0.6 is 22.6 Å². The molecule has 0 bridgehead atoms. The molecule has 1 heterocycles. The summed E-state index contributed by atoms with van der Waals surface area (Å²) in [5.74, 6) is 1.42. The van der Waals surface area contributed by atoms with E-state index in [4.69, 9.17) is 10.5 Å². The number of halogens is 1. The van der Waals surface area contributed by atoms with E-state index < -0.39 is 0 Å². The van der Waals surface area contributed by atoms with E-state index in [0.717, 1.165) is 14.8 Å². The van der Waals surface area contributed by atoms with Gasteiger partial charge in [0.1, 0.15) is 11.9 Å². The fourth-order valence-electron chi connectivity index (χ4n) is 2.07. The Morgan fingerprint density at radius 2 is 1.80 bits per heavy atom. The molecule has 106 valence electrons. The summed E-state index contributed by atoms with van der Waals surface area (Å²) in [7, 11) is 1.67. The van der Waals surface area contributed by atoms with Crippen molar-refractivity contribution in [1.82, 2.24) is 9.97 Å². The van der Waals surface area contributed by atoms with Crippen molar-refractivity contribution in [1.29, 1.82) is 0 Å². The third-order valence-corrected chi connectivity index (χ3v) is 4.12. The predicted molar refractivity (Wildman–Crippen MR) is 89.2 cm³/mol. The Labute approximate surface area is 132 Å². The summed E-state index contributed by atoms with van der Waals surface area (Å²) in [5, 5.41) is 0. The first-order chi connectivity index (χ1) is 9.54. The van der Waals surface area contributed by atoms with Gasteiger partial charge in [-0.3, -0.25) is 0 Å². The van der Waals surface area contributed by atoms with Crippen LogP contribution in [0.15, 0.2) is 30.3 Å². The second-order valence-electron chi connectivity index (χ2n) is 4.90. The van der Waals surface area contributed by atoms with E-state index in [1.54, 1.807) is 7.11 Å². The molecular weight excluding hydrogens is 365 g/mol. The first-order valence-corrected chi connectivity index (χ1v) is 7.53. The van der Waals surface area contributed by atoms with Gasteiger partial charge in [0.15, 0.2) is 5.82 Å². The van der Waals surface area contributed by atoms with Gasteiger partial charge in [0.25, 0.3) is 0 Å². The van der Waals surface area contributed by atoms with Gasteiger partial charge in [-0.05, 0) is 28.5 Å². The van der Waals surface area contributed by atoms with E-state index in [2.05, 4.69) is 46.4 Å². The van der Waals surface area contributed by atoms with Crippen molar-refractivity contribution in [3.63, 3.8) is 0 Å². The summed E-state index contributed by atoms with van der Waals surface area (Å²) in [6.07, 6.45) is -0.156. The first-order valence-electron chi connectivity index (χ1n) is 6.45. The van der Waals surface area contributed by atoms with Gasteiger partial charge in [0.2, 0.25) is 0 Å². The van der Waals surface area contributed by atoms with E-state index in [1.807, 2.05) is 30.3 Å². The van der Waals surface area contributed by atoms with Gasteiger partial charge >= 0.3 is 0 Å². The van der Waals surface area contributed by atoms with Crippen LogP contribution in [0.3, 0.4) is 0 Å². The number of hydrogen-bond acceptors (Lipinski definition) is 4. The minimum Gasteiger partial charge on any atom is -0.383 e. The lowest BCUT2D eigenvalue weighted by Crippen LogP contribution is -2.15. The van der Waals surface area contributed by atoms with Crippen molar-refractivity contribution in [3.8, 4) is 11.3 Å². The minimum absolute atomic E-state index is 0.156. The molecule has 20 heavy (non-hydrogen) atoms. The molecule has 0 aliphatic rings. The number of hydrogen-bond donors (Lipinski definition) is 1. The Hall–Kier alpha value is -1.21. The maximum atomic E-state index is 6.04. The summed E-state index contributed by atoms with van der Waals surface area (Å²) in [5.41, 5.74) is 7.93. The molecule has 2 aromatic rings. The number of ether oxygens (including phenoxy) is 1. The van der Waals surface area contributed by atoms with E-state index in [0.29, 0.717) is 11.6 Å². The van der Waals surface area contributed by atoms with E-state index >= 15 is 0 Å². The number of nitrogens with two attached hydrogens (primary N) is 1. The van der Waals surface area contributed by atoms with Crippen LogP contribution in [0, 0.1) is 9.49 Å². The van der Waals surface area contributed by atoms with Gasteiger partial charge in [0.05, 0.1) is 9.26 Å². The molecule has 1 aromatic heterocycles. The Bertz CT molecular complexity index is 587. The Balaban J connectivity index is 2.56. The number of benzene rings is 1. The summed E-state index contributed by atoms with van der Waals surface area (Å²) < 4.78 is 6.37. The van der Waals surface area contributed by atoms with Crippen molar-refractivity contribution in [2.75, 3.05) is 12.8 Å². The summed E-state index contributed by atoms with van der Waals surface area (Å²) in [6, 6.07) is 9.99. The molecule has 0 amide bonds. The fourth-order valence-corrected chi connectivity index (χ4v) is 2.63. The second-order valence-corrected chi connectivity index (χ2v) is 5.97. The van der Waals surface area contributed by atoms with Crippen LogP contribution in [0.2, 0.25) is 0 Å². The maximum absolute atomic E-state index is 6.04. The standard InChI is InChI=1S/C15H18IN3O/c1-9(2)13(20-3)15-18-12(11(16)14(17)19-15)10-7-5-4-6-8-10/h4-9,13H,1-3H3,(H2,17,18,19). The number of nitrogens with zero attached hydrogens (tertiary/aromatic N) is 2. The Kier molecular flexibility index (Phi) is 4.93. The van der Waals surface area contributed by atoms with Crippen molar-refractivity contribution in [2.24, 2.45) is 5.92 Å². The third-order valence-electron chi connectivity index (χ3n) is 3.06. The Morgan fingerprint density at radius 1 is 1.15 bits per heavy atom. The number of aromatic nitrogens is 2. The molecular formula is C15H18IN3O. The van der Waals surface area contributed by atoms with Crippen LogP contribution in [0.25, 0.3) is 11.3 Å². The lowest BCUT2D eigenvalue weighted by Gasteiger charge is -2.19. The largest absolute Gasteiger partial charge is 0.383 e. The third kappa shape index (κ3) is 3.09. The Morgan fingerprint density at radius 3 is 2.35 bits per heavy atom. The highest BCUT2D eigenvalue weighted by Gasteiger charge is 2.21. The van der Waals surface area contributed by atoms with E-state index in [9.17, 15) is 0 Å². The average Bonchev–Trinajstić information content (AvgIpc) is 2.43. The molecule has 2 N–H and O–H groups in total. The fraction of sp³-hybridized carbons (Fsp3) is 0.333. The van der Waals surface area contributed by atoms with Gasteiger partial charge < -0.3 is 10.5 Å². The highest BCUT2D eigenvalue weighted by Crippen LogP contribution is 2.30. The molecule has 0 saturated heterocycles. The number of rotatable bonds is 4. The quantitative estimate of drug-likeness (QED) is 0.819. The van der Waals surface area contributed by atoms with Crippen LogP contribution in [0.4, 0.5) is 5.82 Å². The van der Waals surface area contributed by atoms with Gasteiger partial charge in [-0.1, -0.05) is 44.2 Å². The van der Waals surface area contributed by atoms with Gasteiger partial charge in [-0.2, -0.15) is 0 Å². The van der Waals surface area contributed by atoms with Crippen LogP contribution < -0.4 is 5.73 Å². The molecule has 1 unspecified atom stereocenters. The van der Waals surface area contributed by atoms with Gasteiger partial charge in [-0.15, -0.1) is 0 Å². The van der Waals surface area contributed by atoms with Crippen molar-refractivity contribution in [2.45, 2.75) is 20.0 Å². The van der Waals surface area contributed by atoms with Crippen molar-refractivity contribution < 1.29 is 4.74 Å². The molecule has 0 aliphatic heterocycles. The van der Waals surface area contributed by atoms with Crippen LogP contribution in [-0.4, -0.2) is 17.1 Å². The molecule has 1 atom stereocenters. The summed E-state index contributed by atoms with van der Waals surface area (Å²) in [4.78, 5) is 9.06. The molecule has 2 rings (SSSR count). The zero-order chi connectivity index (χ0) is 14.7. The normalized spacial score (nSPS) is 12.7. The molecule has 0 saturated carbocycles. The molecule has 0 fully saturated rings. The number of methoxy groups -OCH3 is 1. The topological polar surface area (TPSA) is 61.0 Å². The smallest absolute Gasteiger partial charge is 0.160 e. The molecule has 0 aliphatic carbocycles. The van der Waals surface area contributed by atoms with Crippen molar-refractivity contribution in [3.05, 3.63) is 39.7 Å². The van der Waals surface area contributed by atoms with Crippen LogP contribution in [0.5, 0.6) is 0 Å². The second kappa shape index (κ2) is 6.49. The molecule has 4 nitrogen and oxygen atoms in total. The minimum atomic E-state index is -0.156. The first kappa shape index (κ1) is 15.2. The molecule has 1 aromatic carbocycles. The zero-order valence-electron chi connectivity index (χ0n) is 11.8. The number of nitrogen functional groups attached to an aromatic ring is 1. The lowest BCUT2D eigenvalue weighted by molar-refractivity contribution is 0.0576. The monoisotopic (exact) mass is 383 g/mol. The number of anilines is 1. The molecule has 0 radical (unpaired) electrons. The summed E-state index contributed by atoms with van der Waals surface area (Å²) >= 11 is 2.19. The lowest BCUT2D eigenvalue weighted by atomic mass is 10.1. The van der Waals surface area contributed by atoms with E-state index in [1.165, 1.54) is 0 Å². The van der Waals surface area contributed by atoms with Crippen LogP contribution in [-0.2, 0) is 4.74 Å². The predicted octanol–water partition coefficient (Wildman–Crippen LogP) is 3.67. The van der Waals surface area contributed by atoms with Crippen molar-refractivity contribution >= 4 is 28.4 Å². The SMILES string of the molecule is COC(c1nc(N)c(I)c(-c2ccccc2)n1)C(C)C. The van der Waals surface area contributed by atoms with Gasteiger partial charge in [0, 0.05) is 12.7 Å². The summed E-state index contributed by atoms with van der Waals surface area (Å²) in [6.45, 7) is 4.15.